The zero-order valence-corrected chi connectivity index (χ0v) is 19.5. The van der Waals surface area contributed by atoms with Crippen molar-refractivity contribution in [3.8, 4) is 17.1 Å². The van der Waals surface area contributed by atoms with Crippen LogP contribution in [0.25, 0.3) is 22.0 Å². The number of amides is 1. The van der Waals surface area contributed by atoms with Crippen LogP contribution in [0.15, 0.2) is 49.1 Å². The first-order valence-corrected chi connectivity index (χ1v) is 11.9. The van der Waals surface area contributed by atoms with Gasteiger partial charge in [0.15, 0.2) is 0 Å². The van der Waals surface area contributed by atoms with Crippen molar-refractivity contribution in [1.29, 1.82) is 0 Å². The minimum absolute atomic E-state index is 0.0779. The largest absolute Gasteiger partial charge is 0.472 e. The molecule has 4 aromatic heterocycles. The summed E-state index contributed by atoms with van der Waals surface area (Å²) in [6.07, 6.45) is 6.90. The lowest BCUT2D eigenvalue weighted by Gasteiger charge is -2.27. The van der Waals surface area contributed by atoms with Gasteiger partial charge in [-0.05, 0) is 23.6 Å². The van der Waals surface area contributed by atoms with Crippen LogP contribution >= 0.6 is 0 Å². The molecule has 6 heterocycles. The van der Waals surface area contributed by atoms with E-state index >= 15 is 0 Å². The monoisotopic (exact) mass is 488 g/mol. The predicted molar refractivity (Wildman–Crippen MR) is 131 cm³/mol. The highest BCUT2D eigenvalue weighted by Crippen LogP contribution is 2.28. The normalized spacial score (nSPS) is 15.9. The van der Waals surface area contributed by atoms with E-state index < -0.39 is 0 Å². The van der Waals surface area contributed by atoms with Crippen molar-refractivity contribution in [3.63, 3.8) is 0 Å². The van der Waals surface area contributed by atoms with Gasteiger partial charge in [0.25, 0.3) is 5.91 Å². The number of carbonyl (C=O) groups excluding carboxylic acids is 1. The van der Waals surface area contributed by atoms with E-state index in [1.54, 1.807) is 30.7 Å². The molecule has 0 spiro atoms. The Morgan fingerprint density at radius 3 is 2.83 bits per heavy atom. The lowest BCUT2D eigenvalue weighted by molar-refractivity contribution is 0.102. The number of alkyl halides is 1. The smallest absolute Gasteiger partial charge is 0.257 e. The topological polar surface area (TPSA) is 110 Å². The zero-order valence-electron chi connectivity index (χ0n) is 19.5. The second-order valence-electron chi connectivity index (χ2n) is 8.91. The van der Waals surface area contributed by atoms with Gasteiger partial charge >= 0.3 is 0 Å². The third-order valence-electron chi connectivity index (χ3n) is 6.50. The van der Waals surface area contributed by atoms with E-state index in [9.17, 15) is 9.18 Å². The number of fused-ring (bicyclic) bond motifs is 2. The van der Waals surface area contributed by atoms with Crippen molar-refractivity contribution in [2.75, 3.05) is 38.2 Å². The SMILES string of the molecule is O=C(Nc1cc2cc(-c3cnn4c3CN(CCF)CC4)ncc2cn1)c1ccnc(OC2CNC2)c1. The summed E-state index contributed by atoms with van der Waals surface area (Å²) in [6, 6.07) is 7.05. The maximum Gasteiger partial charge on any atom is 0.257 e. The number of carbonyl (C=O) groups is 1. The van der Waals surface area contributed by atoms with Crippen LogP contribution in [0.4, 0.5) is 10.2 Å². The zero-order chi connectivity index (χ0) is 24.5. The number of hydrogen-bond donors (Lipinski definition) is 2. The summed E-state index contributed by atoms with van der Waals surface area (Å²) in [5.74, 6) is 0.554. The van der Waals surface area contributed by atoms with Gasteiger partial charge in [0.1, 0.15) is 18.6 Å². The Morgan fingerprint density at radius 1 is 1.11 bits per heavy atom. The Balaban J connectivity index is 1.23. The molecule has 1 saturated heterocycles. The highest BCUT2D eigenvalue weighted by Gasteiger charge is 2.22. The third kappa shape index (κ3) is 4.50. The third-order valence-corrected chi connectivity index (χ3v) is 6.50. The lowest BCUT2D eigenvalue weighted by atomic mass is 10.1. The molecule has 0 bridgehead atoms. The average molecular weight is 489 g/mol. The summed E-state index contributed by atoms with van der Waals surface area (Å²) in [5.41, 5.74) is 3.16. The first kappa shape index (κ1) is 22.5. The quantitative estimate of drug-likeness (QED) is 0.408. The van der Waals surface area contributed by atoms with Crippen LogP contribution in [0.3, 0.4) is 0 Å². The molecule has 2 aliphatic heterocycles. The lowest BCUT2D eigenvalue weighted by Crippen LogP contribution is -2.50. The Kier molecular flexibility index (Phi) is 5.99. The maximum atomic E-state index is 12.9. The molecule has 4 aromatic rings. The average Bonchev–Trinajstić information content (AvgIpc) is 3.29. The Labute approximate surface area is 206 Å². The van der Waals surface area contributed by atoms with E-state index in [0.717, 1.165) is 53.9 Å². The number of ether oxygens (including phenoxy) is 1. The van der Waals surface area contributed by atoms with Crippen molar-refractivity contribution in [3.05, 3.63) is 60.3 Å². The fraction of sp³-hybridized carbons (Fsp3) is 0.320. The minimum atomic E-state index is -0.370. The van der Waals surface area contributed by atoms with E-state index in [-0.39, 0.29) is 18.7 Å². The Morgan fingerprint density at radius 2 is 2.00 bits per heavy atom. The number of anilines is 1. The van der Waals surface area contributed by atoms with Crippen LogP contribution in [0.5, 0.6) is 5.88 Å². The van der Waals surface area contributed by atoms with Gasteiger partial charge in [0, 0.05) is 73.9 Å². The second-order valence-corrected chi connectivity index (χ2v) is 8.91. The van der Waals surface area contributed by atoms with Gasteiger partial charge in [-0.3, -0.25) is 19.4 Å². The van der Waals surface area contributed by atoms with Gasteiger partial charge in [-0.25, -0.2) is 14.4 Å². The molecule has 0 atom stereocenters. The number of aromatic nitrogens is 5. The van der Waals surface area contributed by atoms with Crippen LogP contribution in [-0.4, -0.2) is 74.5 Å². The van der Waals surface area contributed by atoms with Gasteiger partial charge < -0.3 is 15.4 Å². The highest BCUT2D eigenvalue weighted by molar-refractivity contribution is 6.04. The van der Waals surface area contributed by atoms with Crippen LogP contribution in [0.2, 0.25) is 0 Å². The second kappa shape index (κ2) is 9.59. The summed E-state index contributed by atoms with van der Waals surface area (Å²) >= 11 is 0. The number of halogens is 1. The van der Waals surface area contributed by atoms with E-state index in [1.165, 1.54) is 0 Å². The molecule has 0 radical (unpaired) electrons. The Bertz CT molecular complexity index is 1420. The number of hydrogen-bond acceptors (Lipinski definition) is 8. The van der Waals surface area contributed by atoms with Gasteiger partial charge in [-0.2, -0.15) is 5.10 Å². The highest BCUT2D eigenvalue weighted by atomic mass is 19.1. The van der Waals surface area contributed by atoms with Crippen LogP contribution in [-0.2, 0) is 13.1 Å². The first-order valence-electron chi connectivity index (χ1n) is 11.9. The number of rotatable bonds is 7. The first-order chi connectivity index (χ1) is 17.7. The molecule has 6 rings (SSSR count). The molecule has 1 amide bonds. The fourth-order valence-electron chi connectivity index (χ4n) is 4.40. The molecule has 2 N–H and O–H groups in total. The van der Waals surface area contributed by atoms with E-state index in [1.807, 2.05) is 23.0 Å². The van der Waals surface area contributed by atoms with Gasteiger partial charge in [0.05, 0.1) is 24.1 Å². The minimum Gasteiger partial charge on any atom is -0.472 e. The molecule has 0 aliphatic carbocycles. The van der Waals surface area contributed by atoms with Crippen molar-refractivity contribution >= 4 is 22.5 Å². The van der Waals surface area contributed by atoms with Crippen LogP contribution in [0.1, 0.15) is 16.1 Å². The molecular weight excluding hydrogens is 463 g/mol. The molecule has 36 heavy (non-hydrogen) atoms. The molecule has 184 valence electrons. The van der Waals surface area contributed by atoms with Crippen LogP contribution in [0, 0.1) is 0 Å². The van der Waals surface area contributed by atoms with Crippen molar-refractivity contribution < 1.29 is 13.9 Å². The fourth-order valence-corrected chi connectivity index (χ4v) is 4.40. The molecule has 11 heteroatoms. The van der Waals surface area contributed by atoms with Gasteiger partial charge in [-0.15, -0.1) is 0 Å². The molecule has 0 saturated carbocycles. The molecule has 0 unspecified atom stereocenters. The summed E-state index contributed by atoms with van der Waals surface area (Å²) in [7, 11) is 0. The Hall–Kier alpha value is -3.96. The standard InChI is InChI=1S/C25H25FN8O2/c26-2-4-33-5-6-34-22(15-33)20(14-31-34)21-7-17-8-23(30-11-18(17)10-29-21)32-25(35)16-1-3-28-24(9-16)36-19-12-27-13-19/h1,3,7-11,14,19,27H,2,4-6,12-13,15H2,(H,30,32,35). The molecule has 2 aliphatic rings. The van der Waals surface area contributed by atoms with Crippen molar-refractivity contribution in [2.45, 2.75) is 19.2 Å². The molecule has 10 nitrogen and oxygen atoms in total. The molecule has 1 fully saturated rings. The predicted octanol–water partition coefficient (Wildman–Crippen LogP) is 2.28. The van der Waals surface area contributed by atoms with Gasteiger partial charge in [-0.1, -0.05) is 0 Å². The number of pyridine rings is 3. The van der Waals surface area contributed by atoms with Crippen molar-refractivity contribution in [1.82, 2.24) is 34.9 Å². The molecule has 0 aromatic carbocycles. The van der Waals surface area contributed by atoms with E-state index in [0.29, 0.717) is 30.4 Å². The van der Waals surface area contributed by atoms with E-state index in [4.69, 9.17) is 4.74 Å². The van der Waals surface area contributed by atoms with Crippen molar-refractivity contribution in [2.24, 2.45) is 0 Å². The van der Waals surface area contributed by atoms with Crippen LogP contribution < -0.4 is 15.4 Å². The molecular formula is C25H25FN8O2. The summed E-state index contributed by atoms with van der Waals surface area (Å²) in [5, 5.41) is 12.2. The maximum absolute atomic E-state index is 12.9. The summed E-state index contributed by atoms with van der Waals surface area (Å²) in [6.45, 7) is 3.72. The van der Waals surface area contributed by atoms with E-state index in [2.05, 4.69) is 35.6 Å². The summed E-state index contributed by atoms with van der Waals surface area (Å²) in [4.78, 5) is 28.1. The summed E-state index contributed by atoms with van der Waals surface area (Å²) < 4.78 is 20.6. The number of nitrogens with one attached hydrogen (secondary N) is 2. The van der Waals surface area contributed by atoms with Gasteiger partial charge in [0.2, 0.25) is 5.88 Å². The number of nitrogens with zero attached hydrogens (tertiary/aromatic N) is 6.